The highest BCUT2D eigenvalue weighted by atomic mass is 35.5. The second-order valence-electron chi connectivity index (χ2n) is 6.77. The number of aliphatic hydroxyl groups is 1. The van der Waals surface area contributed by atoms with Gasteiger partial charge in [-0.1, -0.05) is 59.6 Å². The number of anilines is 1. The summed E-state index contributed by atoms with van der Waals surface area (Å²) in [5.74, 6) is -1.74. The van der Waals surface area contributed by atoms with Gasteiger partial charge in [-0.3, -0.25) is 19.5 Å². The van der Waals surface area contributed by atoms with Crippen molar-refractivity contribution in [2.24, 2.45) is 0 Å². The molecule has 4 rings (SSSR count). The molecule has 6 heteroatoms. The standard InChI is InChI=1S/C23H17ClN2O3/c1-14-8-10-15(11-9-14)21(27)19-20(17-6-2-3-7-18(17)24)26(23(29)22(19)28)16-5-4-12-25-13-16/h2-13,20,27H,1H3/b21-19-. The molecule has 1 amide bonds. The first-order valence-electron chi connectivity index (χ1n) is 9.01. The molecule has 144 valence electrons. The van der Waals surface area contributed by atoms with Crippen molar-refractivity contribution in [3.05, 3.63) is 100 Å². The molecule has 0 saturated carbocycles. The van der Waals surface area contributed by atoms with E-state index in [2.05, 4.69) is 4.98 Å². The van der Waals surface area contributed by atoms with Crippen LogP contribution < -0.4 is 4.90 Å². The zero-order chi connectivity index (χ0) is 20.5. The topological polar surface area (TPSA) is 70.5 Å². The fourth-order valence-electron chi connectivity index (χ4n) is 3.45. The minimum Gasteiger partial charge on any atom is -0.507 e. The van der Waals surface area contributed by atoms with Crippen molar-refractivity contribution in [1.82, 2.24) is 4.98 Å². The maximum absolute atomic E-state index is 13.0. The number of rotatable bonds is 3. The number of aromatic nitrogens is 1. The predicted octanol–water partition coefficient (Wildman–Crippen LogP) is 4.67. The van der Waals surface area contributed by atoms with Gasteiger partial charge in [-0.25, -0.2) is 0 Å². The molecule has 1 saturated heterocycles. The quantitative estimate of drug-likeness (QED) is 0.391. The number of nitrogens with zero attached hydrogens (tertiary/aromatic N) is 2. The number of amides is 1. The summed E-state index contributed by atoms with van der Waals surface area (Å²) < 4.78 is 0. The third-order valence-electron chi connectivity index (χ3n) is 4.89. The molecule has 0 spiro atoms. The number of hydrogen-bond acceptors (Lipinski definition) is 4. The number of aliphatic hydroxyl groups excluding tert-OH is 1. The monoisotopic (exact) mass is 404 g/mol. The molecule has 0 bridgehead atoms. The molecule has 3 aromatic rings. The molecule has 1 atom stereocenters. The number of Topliss-reactive ketones (excluding diaryl/α,β-unsaturated/α-hetero) is 1. The molecule has 29 heavy (non-hydrogen) atoms. The lowest BCUT2D eigenvalue weighted by Gasteiger charge is -2.25. The van der Waals surface area contributed by atoms with E-state index < -0.39 is 17.7 Å². The Bertz CT molecular complexity index is 1120. The van der Waals surface area contributed by atoms with Crippen molar-refractivity contribution in [2.45, 2.75) is 13.0 Å². The summed E-state index contributed by atoms with van der Waals surface area (Å²) in [6, 6.07) is 16.6. The van der Waals surface area contributed by atoms with Gasteiger partial charge in [0.2, 0.25) is 0 Å². The molecule has 0 aliphatic carbocycles. The van der Waals surface area contributed by atoms with E-state index in [1.54, 1.807) is 54.7 Å². The van der Waals surface area contributed by atoms with Crippen LogP contribution in [0.2, 0.25) is 5.02 Å². The van der Waals surface area contributed by atoms with Crippen molar-refractivity contribution in [3.8, 4) is 0 Å². The van der Waals surface area contributed by atoms with Crippen LogP contribution in [-0.2, 0) is 9.59 Å². The maximum Gasteiger partial charge on any atom is 0.300 e. The summed E-state index contributed by atoms with van der Waals surface area (Å²) in [4.78, 5) is 31.3. The molecule has 0 radical (unpaired) electrons. The average Bonchev–Trinajstić information content (AvgIpc) is 3.00. The fourth-order valence-corrected chi connectivity index (χ4v) is 3.69. The summed E-state index contributed by atoms with van der Waals surface area (Å²) >= 11 is 6.42. The number of carbonyl (C=O) groups excluding carboxylic acids is 2. The van der Waals surface area contributed by atoms with Crippen molar-refractivity contribution < 1.29 is 14.7 Å². The number of benzene rings is 2. The van der Waals surface area contributed by atoms with Gasteiger partial charge in [-0.15, -0.1) is 0 Å². The van der Waals surface area contributed by atoms with E-state index in [4.69, 9.17) is 11.6 Å². The third kappa shape index (κ3) is 3.30. The van der Waals surface area contributed by atoms with Crippen LogP contribution in [0.25, 0.3) is 5.76 Å². The molecule has 1 aliphatic heterocycles. The molecule has 1 N–H and O–H groups in total. The van der Waals surface area contributed by atoms with Crippen molar-refractivity contribution in [3.63, 3.8) is 0 Å². The lowest BCUT2D eigenvalue weighted by atomic mass is 9.95. The van der Waals surface area contributed by atoms with Crippen LogP contribution in [0.4, 0.5) is 5.69 Å². The summed E-state index contributed by atoms with van der Waals surface area (Å²) in [6.07, 6.45) is 3.08. The lowest BCUT2D eigenvalue weighted by molar-refractivity contribution is -0.132. The molecule has 1 aromatic heterocycles. The van der Waals surface area contributed by atoms with E-state index in [1.165, 1.54) is 11.1 Å². The number of carbonyl (C=O) groups is 2. The first-order valence-corrected chi connectivity index (χ1v) is 9.39. The summed E-state index contributed by atoms with van der Waals surface area (Å²) in [5, 5.41) is 11.4. The molecule has 1 unspecified atom stereocenters. The van der Waals surface area contributed by atoms with Gasteiger partial charge in [0.15, 0.2) is 0 Å². The van der Waals surface area contributed by atoms with Gasteiger partial charge in [-0.05, 0) is 30.7 Å². The Morgan fingerprint density at radius 1 is 1.03 bits per heavy atom. The zero-order valence-corrected chi connectivity index (χ0v) is 16.3. The predicted molar refractivity (Wildman–Crippen MR) is 112 cm³/mol. The molecule has 2 heterocycles. The second-order valence-corrected chi connectivity index (χ2v) is 7.18. The van der Waals surface area contributed by atoms with Gasteiger partial charge < -0.3 is 5.11 Å². The Morgan fingerprint density at radius 2 is 1.76 bits per heavy atom. The Kier molecular flexibility index (Phi) is 4.91. The van der Waals surface area contributed by atoms with Crippen LogP contribution in [0.1, 0.15) is 22.7 Å². The summed E-state index contributed by atoms with van der Waals surface area (Å²) in [6.45, 7) is 1.93. The smallest absolute Gasteiger partial charge is 0.300 e. The van der Waals surface area contributed by atoms with Crippen LogP contribution >= 0.6 is 11.6 Å². The van der Waals surface area contributed by atoms with Crippen LogP contribution in [0, 0.1) is 6.92 Å². The first-order chi connectivity index (χ1) is 14.0. The number of hydrogen-bond donors (Lipinski definition) is 1. The fraction of sp³-hybridized carbons (Fsp3) is 0.0870. The molecule has 1 aliphatic rings. The van der Waals surface area contributed by atoms with Crippen LogP contribution in [0.15, 0.2) is 78.6 Å². The molecule has 1 fully saturated rings. The number of halogens is 1. The number of pyridine rings is 1. The van der Waals surface area contributed by atoms with E-state index in [-0.39, 0.29) is 11.3 Å². The Balaban J connectivity index is 1.97. The van der Waals surface area contributed by atoms with Crippen molar-refractivity contribution in [2.75, 3.05) is 4.90 Å². The van der Waals surface area contributed by atoms with Crippen LogP contribution in [0.3, 0.4) is 0 Å². The van der Waals surface area contributed by atoms with E-state index in [0.29, 0.717) is 21.8 Å². The van der Waals surface area contributed by atoms with Gasteiger partial charge >= 0.3 is 0 Å². The third-order valence-corrected chi connectivity index (χ3v) is 5.24. The van der Waals surface area contributed by atoms with E-state index >= 15 is 0 Å². The van der Waals surface area contributed by atoms with Gasteiger partial charge in [0, 0.05) is 16.8 Å². The van der Waals surface area contributed by atoms with Crippen LogP contribution in [-0.4, -0.2) is 21.8 Å². The second kappa shape index (κ2) is 7.53. The Hall–Kier alpha value is -3.44. The highest BCUT2D eigenvalue weighted by molar-refractivity contribution is 6.52. The van der Waals surface area contributed by atoms with Crippen molar-refractivity contribution in [1.29, 1.82) is 0 Å². The van der Waals surface area contributed by atoms with E-state index in [0.717, 1.165) is 5.56 Å². The van der Waals surface area contributed by atoms with E-state index in [1.807, 2.05) is 19.1 Å². The first kappa shape index (κ1) is 18.9. The minimum atomic E-state index is -0.866. The lowest BCUT2D eigenvalue weighted by Crippen LogP contribution is -2.29. The van der Waals surface area contributed by atoms with Crippen molar-refractivity contribution >= 4 is 34.7 Å². The normalized spacial score (nSPS) is 18.3. The van der Waals surface area contributed by atoms with Crippen LogP contribution in [0.5, 0.6) is 0 Å². The van der Waals surface area contributed by atoms with Gasteiger partial charge in [0.05, 0.1) is 23.5 Å². The molecule has 2 aromatic carbocycles. The van der Waals surface area contributed by atoms with E-state index in [9.17, 15) is 14.7 Å². The number of aryl methyl sites for hydroxylation is 1. The number of ketones is 1. The molecule has 5 nitrogen and oxygen atoms in total. The summed E-state index contributed by atoms with van der Waals surface area (Å²) in [7, 11) is 0. The highest BCUT2D eigenvalue weighted by Gasteiger charge is 2.47. The SMILES string of the molecule is Cc1ccc(/C(O)=C2/C(=O)C(=O)N(c3cccnc3)C2c2ccccc2Cl)cc1. The highest BCUT2D eigenvalue weighted by Crippen LogP contribution is 2.43. The Morgan fingerprint density at radius 3 is 2.41 bits per heavy atom. The molecular weight excluding hydrogens is 388 g/mol. The van der Waals surface area contributed by atoms with Gasteiger partial charge in [-0.2, -0.15) is 0 Å². The maximum atomic E-state index is 13.0. The summed E-state index contributed by atoms with van der Waals surface area (Å²) in [5.41, 5.74) is 2.46. The average molecular weight is 405 g/mol. The minimum absolute atomic E-state index is 0.00388. The Labute approximate surface area is 172 Å². The largest absolute Gasteiger partial charge is 0.507 e. The van der Waals surface area contributed by atoms with Gasteiger partial charge in [0.1, 0.15) is 5.76 Å². The van der Waals surface area contributed by atoms with Gasteiger partial charge in [0.25, 0.3) is 11.7 Å². The zero-order valence-electron chi connectivity index (χ0n) is 15.5. The molecular formula is C23H17ClN2O3.